The van der Waals surface area contributed by atoms with Gasteiger partial charge in [-0.05, 0) is 0 Å². The number of para-hydroxylation sites is 3. The summed E-state index contributed by atoms with van der Waals surface area (Å²) in [5.74, 6) is 2.16. The Balaban J connectivity index is 1.85. The predicted octanol–water partition coefficient (Wildman–Crippen LogP) is 5.43. The van der Waals surface area contributed by atoms with Gasteiger partial charge in [-0.3, -0.25) is 0 Å². The first-order valence-corrected chi connectivity index (χ1v) is 19.4. The van der Waals surface area contributed by atoms with Gasteiger partial charge in [-0.25, -0.2) is 0 Å². The third kappa shape index (κ3) is 4.94. The number of hydrogen-bond donors (Lipinski definition) is 0. The molecule has 0 aliphatic carbocycles. The predicted molar refractivity (Wildman–Crippen MR) is 90.1 cm³/mol. The fourth-order valence-corrected chi connectivity index (χ4v) is 11.5. The van der Waals surface area contributed by atoms with Crippen molar-refractivity contribution < 1.29 is 27.5 Å². The van der Waals surface area contributed by atoms with E-state index in [1.54, 1.807) is 0 Å². The summed E-state index contributed by atoms with van der Waals surface area (Å²) < 4.78 is 18.3. The molecule has 3 aromatic rings. The van der Waals surface area contributed by atoms with Gasteiger partial charge in [0.2, 0.25) is 0 Å². The molecule has 0 fully saturated rings. The quantitative estimate of drug-likeness (QED) is 0.393. The molecule has 0 aliphatic heterocycles. The Kier molecular flexibility index (Phi) is 5.51. The fourth-order valence-electron chi connectivity index (χ4n) is 1.95. The number of hydrogen-bond acceptors (Lipinski definition) is 3. The van der Waals surface area contributed by atoms with Gasteiger partial charge >= 0.3 is 148 Å². The third-order valence-electron chi connectivity index (χ3n) is 2.95. The molecule has 0 atom stereocenters. The van der Waals surface area contributed by atoms with E-state index in [0.717, 1.165) is 17.2 Å². The topological polar surface area (TPSA) is 27.7 Å². The molecule has 0 radical (unpaired) electrons. The minimum absolute atomic E-state index is 0.720. The standard InChI is InChI=1S/3C6H6O.BrH.Hf/c3*7-6-4-2-1-3-5-6;;/h3*1-5,7H;1H;/q;;;;+4/p-4. The molecule has 3 rings (SSSR count). The van der Waals surface area contributed by atoms with Crippen molar-refractivity contribution in [1.82, 2.24) is 0 Å². The molecule has 0 bridgehead atoms. The van der Waals surface area contributed by atoms with Crippen molar-refractivity contribution in [1.29, 1.82) is 0 Å². The molecule has 0 unspecified atom stereocenters. The Morgan fingerprint density at radius 3 is 1.00 bits per heavy atom. The van der Waals surface area contributed by atoms with Crippen LogP contribution in [0.5, 0.6) is 17.2 Å². The van der Waals surface area contributed by atoms with Crippen molar-refractivity contribution in [2.45, 2.75) is 0 Å². The van der Waals surface area contributed by atoms with Crippen molar-refractivity contribution in [2.75, 3.05) is 0 Å². The summed E-state index contributed by atoms with van der Waals surface area (Å²) in [7, 11) is 0. The van der Waals surface area contributed by atoms with E-state index in [4.69, 9.17) is 8.56 Å². The second kappa shape index (κ2) is 7.79. The van der Waals surface area contributed by atoms with E-state index in [-0.39, 0.29) is 0 Å². The summed E-state index contributed by atoms with van der Waals surface area (Å²) in [4.78, 5) is 0. The average molecular weight is 538 g/mol. The molecule has 0 heterocycles. The molecule has 3 nitrogen and oxygen atoms in total. The maximum absolute atomic E-state index is 6.10. The van der Waals surface area contributed by atoms with Gasteiger partial charge in [0.25, 0.3) is 0 Å². The van der Waals surface area contributed by atoms with Gasteiger partial charge in [-0.1, -0.05) is 0 Å². The first-order chi connectivity index (χ1) is 11.2. The summed E-state index contributed by atoms with van der Waals surface area (Å²) in [5, 5.41) is 0. The Morgan fingerprint density at radius 1 is 0.478 bits per heavy atom. The summed E-state index contributed by atoms with van der Waals surface area (Å²) in [5.41, 5.74) is 0. The van der Waals surface area contributed by atoms with Crippen molar-refractivity contribution in [3.63, 3.8) is 0 Å². The Bertz CT molecular complexity index is 622. The molecule has 23 heavy (non-hydrogen) atoms. The summed E-state index contributed by atoms with van der Waals surface area (Å²) in [6.07, 6.45) is 0. The molecule has 0 amide bonds. The van der Waals surface area contributed by atoms with Gasteiger partial charge in [0.15, 0.2) is 0 Å². The van der Waals surface area contributed by atoms with Crippen LogP contribution in [0, 0.1) is 0 Å². The van der Waals surface area contributed by atoms with Gasteiger partial charge in [0, 0.05) is 0 Å². The van der Waals surface area contributed by atoms with E-state index in [2.05, 4.69) is 12.3 Å². The molecule has 5 heteroatoms. The van der Waals surface area contributed by atoms with Gasteiger partial charge in [0.05, 0.1) is 0 Å². The fraction of sp³-hybridized carbons (Fsp3) is 0. The molecule has 0 aromatic heterocycles. The van der Waals surface area contributed by atoms with Crippen molar-refractivity contribution in [3.05, 3.63) is 91.0 Å². The van der Waals surface area contributed by atoms with E-state index >= 15 is 0 Å². The van der Waals surface area contributed by atoms with Crippen LogP contribution in [-0.4, -0.2) is 0 Å². The van der Waals surface area contributed by atoms with Gasteiger partial charge in [-0.15, -0.1) is 0 Å². The van der Waals surface area contributed by atoms with Crippen LogP contribution in [0.2, 0.25) is 0 Å². The van der Waals surface area contributed by atoms with E-state index < -0.39 is 18.9 Å². The van der Waals surface area contributed by atoms with Crippen molar-refractivity contribution in [3.8, 4) is 17.2 Å². The van der Waals surface area contributed by atoms with E-state index in [1.165, 1.54) is 0 Å². The Labute approximate surface area is 147 Å². The normalized spacial score (nSPS) is 10.8. The molecule has 3 aromatic carbocycles. The minimum atomic E-state index is -4.17. The van der Waals surface area contributed by atoms with E-state index in [9.17, 15) is 0 Å². The number of benzene rings is 3. The van der Waals surface area contributed by atoms with Crippen LogP contribution in [0.4, 0.5) is 0 Å². The molecule has 0 saturated carbocycles. The van der Waals surface area contributed by atoms with E-state index in [0.29, 0.717) is 0 Å². The average Bonchev–Trinajstić information content (AvgIpc) is 2.57. The maximum atomic E-state index is 6.10. The number of halogens is 1. The molecule has 0 N–H and O–H groups in total. The van der Waals surface area contributed by atoms with Crippen LogP contribution < -0.4 is 8.56 Å². The van der Waals surface area contributed by atoms with Crippen LogP contribution in [0.1, 0.15) is 0 Å². The Morgan fingerprint density at radius 2 is 0.739 bits per heavy atom. The molecule has 0 spiro atoms. The molecular formula is C18H15BrHfO3. The first-order valence-electron chi connectivity index (χ1n) is 7.15. The zero-order valence-corrected chi connectivity index (χ0v) is 17.4. The zero-order valence-electron chi connectivity index (χ0n) is 12.3. The van der Waals surface area contributed by atoms with Crippen molar-refractivity contribution in [2.24, 2.45) is 0 Å². The van der Waals surface area contributed by atoms with Crippen LogP contribution in [0.15, 0.2) is 91.0 Å². The van der Waals surface area contributed by atoms with Crippen LogP contribution in [0.3, 0.4) is 0 Å². The van der Waals surface area contributed by atoms with Crippen LogP contribution >= 0.6 is 12.3 Å². The first kappa shape index (κ1) is 16.3. The molecule has 116 valence electrons. The van der Waals surface area contributed by atoms with E-state index in [1.807, 2.05) is 91.0 Å². The second-order valence-corrected chi connectivity index (χ2v) is 18.3. The van der Waals surface area contributed by atoms with Gasteiger partial charge in [0.1, 0.15) is 0 Å². The monoisotopic (exact) mass is 538 g/mol. The molecule has 0 saturated heterocycles. The second-order valence-electron chi connectivity index (χ2n) is 4.73. The summed E-state index contributed by atoms with van der Waals surface area (Å²) >= 11 is -0.519. The summed E-state index contributed by atoms with van der Waals surface area (Å²) in [6, 6.07) is 28.7. The summed E-state index contributed by atoms with van der Waals surface area (Å²) in [6.45, 7) is 0. The van der Waals surface area contributed by atoms with Gasteiger partial charge in [-0.2, -0.15) is 0 Å². The van der Waals surface area contributed by atoms with Crippen LogP contribution in [0.25, 0.3) is 0 Å². The number of rotatable bonds is 6. The SMILES string of the molecule is [Br][Hf]([O]c1ccccc1)([O]c1ccccc1)[O]c1ccccc1. The molecule has 0 aliphatic rings. The Hall–Kier alpha value is -1.59. The van der Waals surface area contributed by atoms with Gasteiger partial charge < -0.3 is 0 Å². The zero-order chi connectivity index (χ0) is 16.0. The van der Waals surface area contributed by atoms with Crippen LogP contribution in [-0.2, 0) is 18.9 Å². The molecular weight excluding hydrogens is 523 g/mol. The van der Waals surface area contributed by atoms with Crippen molar-refractivity contribution >= 4 is 12.3 Å². The third-order valence-corrected chi connectivity index (χ3v) is 12.1.